The predicted molar refractivity (Wildman–Crippen MR) is 94.5 cm³/mol. The van der Waals surface area contributed by atoms with Crippen molar-refractivity contribution in [3.05, 3.63) is 10.6 Å². The van der Waals surface area contributed by atoms with Crippen molar-refractivity contribution in [3.8, 4) is 0 Å². The third-order valence-electron chi connectivity index (χ3n) is 5.27. The van der Waals surface area contributed by atoms with Crippen molar-refractivity contribution < 1.29 is 14.3 Å². The first-order valence-corrected chi connectivity index (χ1v) is 9.77. The fraction of sp³-hybridized carbons (Fsp3) is 0.765. The summed E-state index contributed by atoms with van der Waals surface area (Å²) in [5.41, 5.74) is 0.375. The number of aryl methyl sites for hydroxylation is 1. The van der Waals surface area contributed by atoms with Gasteiger partial charge in [-0.3, -0.25) is 9.59 Å². The Labute approximate surface area is 152 Å². The normalized spacial score (nSPS) is 23.7. The second-order valence-corrected chi connectivity index (χ2v) is 7.70. The van der Waals surface area contributed by atoms with E-state index in [1.165, 1.54) is 11.5 Å². The number of rotatable bonds is 6. The Morgan fingerprint density at radius 1 is 1.36 bits per heavy atom. The molecule has 0 aliphatic carbocycles. The van der Waals surface area contributed by atoms with Crippen molar-refractivity contribution in [3.63, 3.8) is 0 Å². The summed E-state index contributed by atoms with van der Waals surface area (Å²) in [7, 11) is 1.65. The number of carbonyl (C=O) groups excluding carboxylic acids is 2. The number of methoxy groups -OCH3 is 1. The van der Waals surface area contributed by atoms with Gasteiger partial charge in [-0.2, -0.15) is 0 Å². The predicted octanol–water partition coefficient (Wildman–Crippen LogP) is 1.59. The molecule has 3 heterocycles. The SMILES string of the molecule is CCCc1nnsc1C(=O)N1CCC2(CCCN(CCOC)C2=O)C1. The van der Waals surface area contributed by atoms with Crippen LogP contribution < -0.4 is 0 Å². The molecule has 2 aliphatic heterocycles. The van der Waals surface area contributed by atoms with Crippen LogP contribution in [0.4, 0.5) is 0 Å². The second-order valence-electron chi connectivity index (χ2n) is 6.94. The number of ether oxygens (including phenoxy) is 1. The van der Waals surface area contributed by atoms with Crippen molar-refractivity contribution in [2.24, 2.45) is 5.41 Å². The first-order chi connectivity index (χ1) is 12.1. The van der Waals surface area contributed by atoms with Crippen LogP contribution in [0, 0.1) is 5.41 Å². The Morgan fingerprint density at radius 3 is 2.96 bits per heavy atom. The highest BCUT2D eigenvalue weighted by molar-refractivity contribution is 7.08. The van der Waals surface area contributed by atoms with Gasteiger partial charge in [-0.25, -0.2) is 0 Å². The molecule has 1 spiro atoms. The van der Waals surface area contributed by atoms with Crippen LogP contribution in [0.3, 0.4) is 0 Å². The highest BCUT2D eigenvalue weighted by Gasteiger charge is 2.49. The van der Waals surface area contributed by atoms with Crippen LogP contribution >= 0.6 is 11.5 Å². The van der Waals surface area contributed by atoms with Crippen LogP contribution in [0.1, 0.15) is 48.0 Å². The zero-order valence-corrected chi connectivity index (χ0v) is 15.8. The number of likely N-dealkylation sites (tertiary alicyclic amines) is 2. The van der Waals surface area contributed by atoms with Crippen LogP contribution in [0.2, 0.25) is 0 Å². The molecule has 1 atom stereocenters. The standard InChI is InChI=1S/C17H26N4O3S/c1-3-5-13-14(25-19-18-13)15(22)21-9-7-17(12-21)6-4-8-20(16(17)23)10-11-24-2/h3-12H2,1-2H3. The van der Waals surface area contributed by atoms with Gasteiger partial charge in [-0.15, -0.1) is 5.10 Å². The minimum absolute atomic E-state index is 0.0165. The van der Waals surface area contributed by atoms with Crippen molar-refractivity contribution in [1.82, 2.24) is 19.4 Å². The minimum atomic E-state index is -0.412. The largest absolute Gasteiger partial charge is 0.383 e. The smallest absolute Gasteiger partial charge is 0.267 e. The third-order valence-corrected chi connectivity index (χ3v) is 6.02. The molecule has 2 saturated heterocycles. The van der Waals surface area contributed by atoms with Gasteiger partial charge in [0.05, 0.1) is 17.7 Å². The average molecular weight is 366 g/mol. The second kappa shape index (κ2) is 7.78. The number of amides is 2. The molecule has 1 aromatic rings. The molecular weight excluding hydrogens is 340 g/mol. The third kappa shape index (κ3) is 3.55. The van der Waals surface area contributed by atoms with Gasteiger partial charge in [0.1, 0.15) is 4.88 Å². The van der Waals surface area contributed by atoms with Crippen molar-refractivity contribution in [1.29, 1.82) is 0 Å². The van der Waals surface area contributed by atoms with Crippen molar-refractivity contribution >= 4 is 23.3 Å². The molecule has 0 bridgehead atoms. The maximum absolute atomic E-state index is 13.0. The summed E-state index contributed by atoms with van der Waals surface area (Å²) in [6.07, 6.45) is 4.29. The Bertz CT molecular complexity index is 635. The lowest BCUT2D eigenvalue weighted by atomic mass is 9.78. The van der Waals surface area contributed by atoms with Crippen molar-refractivity contribution in [2.75, 3.05) is 39.9 Å². The molecule has 8 heteroatoms. The van der Waals surface area contributed by atoms with E-state index in [1.54, 1.807) is 7.11 Å². The molecule has 25 heavy (non-hydrogen) atoms. The summed E-state index contributed by atoms with van der Waals surface area (Å²) in [6.45, 7) is 5.18. The van der Waals surface area contributed by atoms with Crippen molar-refractivity contribution in [2.45, 2.75) is 39.0 Å². The van der Waals surface area contributed by atoms with Crippen LogP contribution in [0.25, 0.3) is 0 Å². The number of nitrogens with zero attached hydrogens (tertiary/aromatic N) is 4. The number of aromatic nitrogens is 2. The Kier molecular flexibility index (Phi) is 5.68. The minimum Gasteiger partial charge on any atom is -0.383 e. The highest BCUT2D eigenvalue weighted by atomic mass is 32.1. The summed E-state index contributed by atoms with van der Waals surface area (Å²) >= 11 is 1.17. The molecule has 3 rings (SSSR count). The zero-order valence-electron chi connectivity index (χ0n) is 15.0. The number of carbonyl (C=O) groups is 2. The summed E-state index contributed by atoms with van der Waals surface area (Å²) in [4.78, 5) is 30.3. The fourth-order valence-electron chi connectivity index (χ4n) is 3.91. The molecule has 0 aromatic carbocycles. The molecule has 1 unspecified atom stereocenters. The molecular formula is C17H26N4O3S. The van der Waals surface area contributed by atoms with Gasteiger partial charge in [0.2, 0.25) is 5.91 Å². The summed E-state index contributed by atoms with van der Waals surface area (Å²) in [5, 5.41) is 4.10. The van der Waals surface area contributed by atoms with Crippen LogP contribution in [0.5, 0.6) is 0 Å². The van der Waals surface area contributed by atoms with Gasteiger partial charge < -0.3 is 14.5 Å². The molecule has 0 radical (unpaired) electrons. The highest BCUT2D eigenvalue weighted by Crippen LogP contribution is 2.40. The summed E-state index contributed by atoms with van der Waals surface area (Å²) in [6, 6.07) is 0. The lowest BCUT2D eigenvalue weighted by Crippen LogP contribution is -2.51. The Morgan fingerprint density at radius 2 is 2.20 bits per heavy atom. The quantitative estimate of drug-likeness (QED) is 0.764. The van der Waals surface area contributed by atoms with Gasteiger partial charge in [0.15, 0.2) is 0 Å². The van der Waals surface area contributed by atoms with Gasteiger partial charge in [-0.1, -0.05) is 17.8 Å². The van der Waals surface area contributed by atoms with E-state index in [0.29, 0.717) is 31.1 Å². The van der Waals surface area contributed by atoms with Gasteiger partial charge in [0, 0.05) is 33.3 Å². The monoisotopic (exact) mass is 366 g/mol. The molecule has 1 aromatic heterocycles. The maximum atomic E-state index is 13.0. The Balaban J connectivity index is 1.70. The van der Waals surface area contributed by atoms with E-state index in [1.807, 2.05) is 9.80 Å². The number of piperidine rings is 1. The van der Waals surface area contributed by atoms with Gasteiger partial charge in [0.25, 0.3) is 5.91 Å². The topological polar surface area (TPSA) is 75.6 Å². The van der Waals surface area contributed by atoms with E-state index in [0.717, 1.165) is 44.3 Å². The molecule has 2 aliphatic rings. The first kappa shape index (κ1) is 18.3. The lowest BCUT2D eigenvalue weighted by Gasteiger charge is -2.39. The first-order valence-electron chi connectivity index (χ1n) is 9.00. The fourth-order valence-corrected chi connectivity index (χ4v) is 4.58. The lowest BCUT2D eigenvalue weighted by molar-refractivity contribution is -0.146. The number of hydrogen-bond acceptors (Lipinski definition) is 6. The molecule has 2 fully saturated rings. The van der Waals surface area contributed by atoms with E-state index in [9.17, 15) is 9.59 Å². The van der Waals surface area contributed by atoms with E-state index in [2.05, 4.69) is 16.5 Å². The van der Waals surface area contributed by atoms with Gasteiger partial charge >= 0.3 is 0 Å². The number of hydrogen-bond donors (Lipinski definition) is 0. The molecule has 2 amide bonds. The summed E-state index contributed by atoms with van der Waals surface area (Å²) < 4.78 is 9.07. The van der Waals surface area contributed by atoms with Crippen LogP contribution in [-0.2, 0) is 16.0 Å². The Hall–Kier alpha value is -1.54. The van der Waals surface area contributed by atoms with E-state index in [4.69, 9.17) is 4.74 Å². The zero-order chi connectivity index (χ0) is 17.9. The van der Waals surface area contributed by atoms with Crippen LogP contribution in [0.15, 0.2) is 0 Å². The molecule has 138 valence electrons. The molecule has 7 nitrogen and oxygen atoms in total. The van der Waals surface area contributed by atoms with E-state index < -0.39 is 5.41 Å². The van der Waals surface area contributed by atoms with E-state index in [-0.39, 0.29) is 11.8 Å². The maximum Gasteiger partial charge on any atom is 0.267 e. The molecule has 0 saturated carbocycles. The van der Waals surface area contributed by atoms with Crippen LogP contribution in [-0.4, -0.2) is 71.1 Å². The molecule has 0 N–H and O–H groups in total. The summed E-state index contributed by atoms with van der Waals surface area (Å²) in [5.74, 6) is 0.166. The van der Waals surface area contributed by atoms with Gasteiger partial charge in [-0.05, 0) is 37.2 Å². The average Bonchev–Trinajstić information content (AvgIpc) is 3.24. The van der Waals surface area contributed by atoms with E-state index >= 15 is 0 Å².